The summed E-state index contributed by atoms with van der Waals surface area (Å²) >= 11 is 0. The summed E-state index contributed by atoms with van der Waals surface area (Å²) in [6.07, 6.45) is 0. The van der Waals surface area contributed by atoms with Crippen LogP contribution in [0.2, 0.25) is 0 Å². The minimum absolute atomic E-state index is 0.418. The molecule has 1 heterocycles. The maximum atomic E-state index is 12.8. The first-order valence-electron chi connectivity index (χ1n) is 8.47. The van der Waals surface area contributed by atoms with Crippen LogP contribution in [0.5, 0.6) is 11.5 Å². The highest BCUT2D eigenvalue weighted by Crippen LogP contribution is 2.38. The molecule has 0 aromatic heterocycles. The average Bonchev–Trinajstić information content (AvgIpc) is 2.62. The van der Waals surface area contributed by atoms with E-state index in [0.29, 0.717) is 29.5 Å². The second-order valence-corrected chi connectivity index (χ2v) is 6.38. The van der Waals surface area contributed by atoms with Crippen molar-refractivity contribution in [3.8, 4) is 11.5 Å². The average molecular weight is 354 g/mol. The summed E-state index contributed by atoms with van der Waals surface area (Å²) < 4.78 is 11.2. The van der Waals surface area contributed by atoms with E-state index in [9.17, 15) is 9.59 Å². The van der Waals surface area contributed by atoms with E-state index in [2.05, 4.69) is 5.32 Å². The Hall–Kier alpha value is -3.02. The molecule has 2 aromatic carbocycles. The van der Waals surface area contributed by atoms with E-state index >= 15 is 0 Å². The van der Waals surface area contributed by atoms with E-state index in [-0.39, 0.29) is 0 Å². The van der Waals surface area contributed by atoms with Gasteiger partial charge < -0.3 is 19.7 Å². The molecule has 0 bridgehead atoms. The van der Waals surface area contributed by atoms with Gasteiger partial charge in [-0.2, -0.15) is 0 Å². The molecule has 1 N–H and O–H groups in total. The Balaban J connectivity index is 1.84. The van der Waals surface area contributed by atoms with Gasteiger partial charge in [-0.1, -0.05) is 6.07 Å². The van der Waals surface area contributed by atoms with Gasteiger partial charge in [-0.3, -0.25) is 9.59 Å². The Morgan fingerprint density at radius 2 is 1.92 bits per heavy atom. The lowest BCUT2D eigenvalue weighted by Crippen LogP contribution is -2.59. The Labute approximate surface area is 152 Å². The number of amides is 2. The van der Waals surface area contributed by atoms with Crippen molar-refractivity contribution in [3.05, 3.63) is 48.0 Å². The first-order chi connectivity index (χ1) is 12.3. The number of hydrogen-bond acceptors (Lipinski definition) is 4. The van der Waals surface area contributed by atoms with Crippen LogP contribution in [0.4, 0.5) is 11.4 Å². The monoisotopic (exact) mass is 354 g/mol. The van der Waals surface area contributed by atoms with E-state index < -0.39 is 17.4 Å². The molecular formula is C20H22N2O4. The third-order valence-corrected chi connectivity index (χ3v) is 4.36. The number of nitrogens with one attached hydrogen (secondary N) is 1. The van der Waals surface area contributed by atoms with Gasteiger partial charge in [-0.05, 0) is 62.7 Å². The summed E-state index contributed by atoms with van der Waals surface area (Å²) in [6, 6.07) is 12.5. The van der Waals surface area contributed by atoms with Crippen molar-refractivity contribution < 1.29 is 19.1 Å². The molecule has 6 nitrogen and oxygen atoms in total. The summed E-state index contributed by atoms with van der Waals surface area (Å²) in [6.45, 7) is 5.89. The van der Waals surface area contributed by atoms with Gasteiger partial charge in [-0.15, -0.1) is 0 Å². The predicted molar refractivity (Wildman–Crippen MR) is 99.9 cm³/mol. The normalized spacial score (nSPS) is 18.8. The van der Waals surface area contributed by atoms with Crippen molar-refractivity contribution in [2.75, 3.05) is 23.9 Å². The standard InChI is InChI=1S/C20H22N2O4/c1-5-25-15-9-7-14(8-10-15)21-18(23)20(3)19(24)22(4)16-12-13(2)6-11-17(16)26-20/h6-12H,5H2,1-4H3,(H,21,23). The highest BCUT2D eigenvalue weighted by atomic mass is 16.5. The van der Waals surface area contributed by atoms with Gasteiger partial charge in [0.25, 0.3) is 17.4 Å². The number of anilines is 2. The molecule has 0 spiro atoms. The number of benzene rings is 2. The van der Waals surface area contributed by atoms with Crippen molar-refractivity contribution in [3.63, 3.8) is 0 Å². The smallest absolute Gasteiger partial charge is 0.280 e. The quantitative estimate of drug-likeness (QED) is 0.857. The maximum absolute atomic E-state index is 12.8. The van der Waals surface area contributed by atoms with Crippen LogP contribution in [-0.4, -0.2) is 31.1 Å². The molecule has 0 saturated heterocycles. The lowest BCUT2D eigenvalue weighted by Gasteiger charge is -2.38. The van der Waals surface area contributed by atoms with Crippen LogP contribution in [-0.2, 0) is 9.59 Å². The topological polar surface area (TPSA) is 67.9 Å². The molecule has 2 amide bonds. The maximum Gasteiger partial charge on any atom is 0.280 e. The zero-order valence-electron chi connectivity index (χ0n) is 15.3. The number of ether oxygens (including phenoxy) is 2. The SMILES string of the molecule is CCOc1ccc(NC(=O)C2(C)Oc3ccc(C)cc3N(C)C2=O)cc1. The molecule has 1 atom stereocenters. The molecular weight excluding hydrogens is 332 g/mol. The number of fused-ring (bicyclic) bond motifs is 1. The number of hydrogen-bond donors (Lipinski definition) is 1. The molecule has 136 valence electrons. The van der Waals surface area contributed by atoms with Crippen LogP contribution in [0.25, 0.3) is 0 Å². The molecule has 0 aliphatic carbocycles. The zero-order chi connectivity index (χ0) is 18.9. The van der Waals surface area contributed by atoms with Gasteiger partial charge >= 0.3 is 0 Å². The van der Waals surface area contributed by atoms with E-state index in [0.717, 1.165) is 5.56 Å². The summed E-state index contributed by atoms with van der Waals surface area (Å²) in [4.78, 5) is 27.1. The van der Waals surface area contributed by atoms with Crippen LogP contribution >= 0.6 is 0 Å². The number of carbonyl (C=O) groups excluding carboxylic acids is 2. The summed E-state index contributed by atoms with van der Waals surface area (Å²) in [5, 5.41) is 2.75. The van der Waals surface area contributed by atoms with Crippen LogP contribution in [0.3, 0.4) is 0 Å². The van der Waals surface area contributed by atoms with E-state index in [1.807, 2.05) is 26.0 Å². The molecule has 3 rings (SSSR count). The van der Waals surface area contributed by atoms with Gasteiger partial charge in [-0.25, -0.2) is 0 Å². The van der Waals surface area contributed by atoms with Gasteiger partial charge in [0.2, 0.25) is 0 Å². The van der Waals surface area contributed by atoms with Gasteiger partial charge in [0, 0.05) is 12.7 Å². The third-order valence-electron chi connectivity index (χ3n) is 4.36. The molecule has 1 aliphatic rings. The number of likely N-dealkylation sites (N-methyl/N-ethyl adjacent to an activating group) is 1. The molecule has 26 heavy (non-hydrogen) atoms. The van der Waals surface area contributed by atoms with E-state index in [1.54, 1.807) is 37.4 Å². The predicted octanol–water partition coefficient (Wildman–Crippen LogP) is 3.15. The van der Waals surface area contributed by atoms with Crippen LogP contribution < -0.4 is 19.7 Å². The fraction of sp³-hybridized carbons (Fsp3) is 0.300. The number of carbonyl (C=O) groups is 2. The lowest BCUT2D eigenvalue weighted by atomic mass is 9.99. The van der Waals surface area contributed by atoms with Gasteiger partial charge in [0.1, 0.15) is 11.5 Å². The second kappa shape index (κ2) is 6.71. The number of rotatable bonds is 4. The van der Waals surface area contributed by atoms with Crippen molar-refractivity contribution in [2.45, 2.75) is 26.4 Å². The Kier molecular flexibility index (Phi) is 4.59. The first-order valence-corrected chi connectivity index (χ1v) is 8.47. The number of nitrogens with zero attached hydrogens (tertiary/aromatic N) is 1. The minimum atomic E-state index is -1.64. The van der Waals surface area contributed by atoms with Crippen molar-refractivity contribution >= 4 is 23.2 Å². The van der Waals surface area contributed by atoms with Crippen molar-refractivity contribution in [2.24, 2.45) is 0 Å². The fourth-order valence-corrected chi connectivity index (χ4v) is 2.86. The Bertz CT molecular complexity index is 847. The summed E-state index contributed by atoms with van der Waals surface area (Å²) in [5.74, 6) is 0.275. The summed E-state index contributed by atoms with van der Waals surface area (Å²) in [5.41, 5.74) is 0.583. The largest absolute Gasteiger partial charge is 0.494 e. The van der Waals surface area contributed by atoms with Gasteiger partial charge in [0.05, 0.1) is 12.3 Å². The molecule has 6 heteroatoms. The molecule has 2 aromatic rings. The lowest BCUT2D eigenvalue weighted by molar-refractivity contribution is -0.144. The molecule has 0 fully saturated rings. The molecule has 1 unspecified atom stereocenters. The molecule has 0 radical (unpaired) electrons. The summed E-state index contributed by atoms with van der Waals surface area (Å²) in [7, 11) is 1.64. The van der Waals surface area contributed by atoms with Crippen molar-refractivity contribution in [1.82, 2.24) is 0 Å². The highest BCUT2D eigenvalue weighted by molar-refractivity contribution is 6.19. The fourth-order valence-electron chi connectivity index (χ4n) is 2.86. The Morgan fingerprint density at radius 1 is 1.23 bits per heavy atom. The minimum Gasteiger partial charge on any atom is -0.494 e. The molecule has 1 aliphatic heterocycles. The highest BCUT2D eigenvalue weighted by Gasteiger charge is 2.49. The van der Waals surface area contributed by atoms with Gasteiger partial charge in [0.15, 0.2) is 0 Å². The van der Waals surface area contributed by atoms with Crippen LogP contribution in [0, 0.1) is 6.92 Å². The molecule has 0 saturated carbocycles. The van der Waals surface area contributed by atoms with Crippen LogP contribution in [0.15, 0.2) is 42.5 Å². The number of aryl methyl sites for hydroxylation is 1. The third kappa shape index (κ3) is 3.10. The van der Waals surface area contributed by atoms with Crippen molar-refractivity contribution in [1.29, 1.82) is 0 Å². The van der Waals surface area contributed by atoms with E-state index in [1.165, 1.54) is 11.8 Å². The Morgan fingerprint density at radius 3 is 2.58 bits per heavy atom. The second-order valence-electron chi connectivity index (χ2n) is 6.38. The van der Waals surface area contributed by atoms with E-state index in [4.69, 9.17) is 9.47 Å². The first kappa shape index (κ1) is 17.8. The van der Waals surface area contributed by atoms with Crippen LogP contribution in [0.1, 0.15) is 19.4 Å². The zero-order valence-corrected chi connectivity index (χ0v) is 15.3.